The molecule has 0 atom stereocenters. The van der Waals surface area contributed by atoms with Crippen LogP contribution in [0.25, 0.3) is 0 Å². The van der Waals surface area contributed by atoms with E-state index in [4.69, 9.17) is 10.5 Å². The van der Waals surface area contributed by atoms with Crippen molar-refractivity contribution in [3.05, 3.63) is 24.0 Å². The Morgan fingerprint density at radius 1 is 1.69 bits per heavy atom. The molecular weight excluding hydrogens is 168 g/mol. The molecule has 1 heterocycles. The minimum absolute atomic E-state index is 0.179. The van der Waals surface area contributed by atoms with Crippen LogP contribution in [0.2, 0.25) is 0 Å². The number of ether oxygens (including phenoxy) is 1. The van der Waals surface area contributed by atoms with Crippen molar-refractivity contribution in [1.29, 1.82) is 0 Å². The third-order valence-electron chi connectivity index (χ3n) is 1.47. The molecule has 2 N–H and O–H groups in total. The van der Waals surface area contributed by atoms with E-state index in [0.717, 1.165) is 0 Å². The van der Waals surface area contributed by atoms with Crippen LogP contribution < -0.4 is 5.73 Å². The monoisotopic (exact) mass is 180 g/mol. The predicted octanol–water partition coefficient (Wildman–Crippen LogP) is 0.769. The van der Waals surface area contributed by atoms with Gasteiger partial charge in [-0.3, -0.25) is 9.78 Å². The highest BCUT2D eigenvalue weighted by molar-refractivity contribution is 5.72. The van der Waals surface area contributed by atoms with Gasteiger partial charge in [0.1, 0.15) is 0 Å². The molecule has 0 aliphatic rings. The van der Waals surface area contributed by atoms with Gasteiger partial charge in [-0.2, -0.15) is 0 Å². The number of carbonyl (C=O) groups is 1. The Balaban J connectivity index is 2.58. The van der Waals surface area contributed by atoms with Gasteiger partial charge in [0, 0.05) is 11.9 Å². The standard InChI is InChI=1S/C9H12N2O2/c1-2-13-9(12)6-8-5-7(10)3-4-11-8/h3-5H,2,6H2,1H3,(H2,10,11). The Morgan fingerprint density at radius 2 is 2.46 bits per heavy atom. The lowest BCUT2D eigenvalue weighted by Gasteiger charge is -2.01. The molecule has 0 saturated carbocycles. The van der Waals surface area contributed by atoms with E-state index >= 15 is 0 Å². The van der Waals surface area contributed by atoms with Crippen molar-refractivity contribution >= 4 is 11.7 Å². The van der Waals surface area contributed by atoms with Gasteiger partial charge in [0.15, 0.2) is 0 Å². The summed E-state index contributed by atoms with van der Waals surface area (Å²) in [5, 5.41) is 0. The highest BCUT2D eigenvalue weighted by atomic mass is 16.5. The fourth-order valence-corrected chi connectivity index (χ4v) is 0.953. The average molecular weight is 180 g/mol. The summed E-state index contributed by atoms with van der Waals surface area (Å²) in [5.74, 6) is -0.277. The molecule has 0 aliphatic carbocycles. The Bertz CT molecular complexity index is 299. The normalized spacial score (nSPS) is 9.62. The Hall–Kier alpha value is -1.58. The van der Waals surface area contributed by atoms with Crippen LogP contribution in [-0.4, -0.2) is 17.6 Å². The number of nitrogen functional groups attached to an aromatic ring is 1. The van der Waals surface area contributed by atoms with Crippen LogP contribution in [0.5, 0.6) is 0 Å². The topological polar surface area (TPSA) is 65.2 Å². The quantitative estimate of drug-likeness (QED) is 0.698. The van der Waals surface area contributed by atoms with E-state index in [1.165, 1.54) is 0 Å². The minimum Gasteiger partial charge on any atom is -0.466 e. The highest BCUT2D eigenvalue weighted by Gasteiger charge is 2.04. The number of pyridine rings is 1. The lowest BCUT2D eigenvalue weighted by Crippen LogP contribution is -2.08. The van der Waals surface area contributed by atoms with Gasteiger partial charge in [-0.25, -0.2) is 0 Å². The van der Waals surface area contributed by atoms with Gasteiger partial charge in [0.25, 0.3) is 0 Å². The van der Waals surface area contributed by atoms with Crippen LogP contribution in [0.4, 0.5) is 5.69 Å². The van der Waals surface area contributed by atoms with Crippen LogP contribution >= 0.6 is 0 Å². The molecule has 0 unspecified atom stereocenters. The average Bonchev–Trinajstić information content (AvgIpc) is 2.04. The van der Waals surface area contributed by atoms with E-state index in [-0.39, 0.29) is 12.4 Å². The molecule has 0 aliphatic heterocycles. The van der Waals surface area contributed by atoms with E-state index in [9.17, 15) is 4.79 Å². The second kappa shape index (κ2) is 4.45. The number of hydrogen-bond acceptors (Lipinski definition) is 4. The number of rotatable bonds is 3. The maximum atomic E-state index is 11.0. The van der Waals surface area contributed by atoms with Gasteiger partial charge >= 0.3 is 5.97 Å². The predicted molar refractivity (Wildman–Crippen MR) is 49.0 cm³/mol. The van der Waals surface area contributed by atoms with Gasteiger partial charge in [-0.1, -0.05) is 0 Å². The van der Waals surface area contributed by atoms with E-state index in [2.05, 4.69) is 4.98 Å². The summed E-state index contributed by atoms with van der Waals surface area (Å²) in [6.45, 7) is 2.16. The SMILES string of the molecule is CCOC(=O)Cc1cc(N)ccn1. The van der Waals surface area contributed by atoms with Gasteiger partial charge in [-0.05, 0) is 19.1 Å². The number of nitrogens with zero attached hydrogens (tertiary/aromatic N) is 1. The minimum atomic E-state index is -0.277. The fourth-order valence-electron chi connectivity index (χ4n) is 0.953. The summed E-state index contributed by atoms with van der Waals surface area (Å²) < 4.78 is 4.77. The van der Waals surface area contributed by atoms with Crippen LogP contribution in [0.3, 0.4) is 0 Å². The van der Waals surface area contributed by atoms with Crippen LogP contribution in [0, 0.1) is 0 Å². The van der Waals surface area contributed by atoms with Gasteiger partial charge in [-0.15, -0.1) is 0 Å². The Morgan fingerprint density at radius 3 is 3.08 bits per heavy atom. The molecule has 1 rings (SSSR count). The first-order valence-electron chi connectivity index (χ1n) is 4.08. The summed E-state index contributed by atoms with van der Waals surface area (Å²) >= 11 is 0. The molecule has 0 amide bonds. The first kappa shape index (κ1) is 9.51. The van der Waals surface area contributed by atoms with Gasteiger partial charge < -0.3 is 10.5 Å². The van der Waals surface area contributed by atoms with Crippen LogP contribution in [-0.2, 0) is 16.0 Å². The Kier molecular flexibility index (Phi) is 3.25. The van der Waals surface area contributed by atoms with Crippen molar-refractivity contribution in [2.75, 3.05) is 12.3 Å². The van der Waals surface area contributed by atoms with Gasteiger partial charge in [0.05, 0.1) is 18.7 Å². The molecule has 0 radical (unpaired) electrons. The zero-order chi connectivity index (χ0) is 9.68. The van der Waals surface area contributed by atoms with Crippen molar-refractivity contribution < 1.29 is 9.53 Å². The Labute approximate surface area is 76.7 Å². The third kappa shape index (κ3) is 3.11. The van der Waals surface area contributed by atoms with Crippen LogP contribution in [0.15, 0.2) is 18.3 Å². The van der Waals surface area contributed by atoms with Crippen molar-refractivity contribution in [2.24, 2.45) is 0 Å². The lowest BCUT2D eigenvalue weighted by molar-refractivity contribution is -0.142. The summed E-state index contributed by atoms with van der Waals surface area (Å²) in [6.07, 6.45) is 1.75. The largest absolute Gasteiger partial charge is 0.466 e. The van der Waals surface area contributed by atoms with Gasteiger partial charge in [0.2, 0.25) is 0 Å². The molecule has 13 heavy (non-hydrogen) atoms. The number of anilines is 1. The van der Waals surface area contributed by atoms with Crippen molar-refractivity contribution in [3.8, 4) is 0 Å². The van der Waals surface area contributed by atoms with Crippen molar-refractivity contribution in [2.45, 2.75) is 13.3 Å². The van der Waals surface area contributed by atoms with Crippen molar-refractivity contribution in [1.82, 2.24) is 4.98 Å². The fraction of sp³-hybridized carbons (Fsp3) is 0.333. The number of nitrogens with two attached hydrogens (primary N) is 1. The molecular formula is C9H12N2O2. The summed E-state index contributed by atoms with van der Waals surface area (Å²) in [6, 6.07) is 3.34. The first-order chi connectivity index (χ1) is 6.22. The molecule has 4 nitrogen and oxygen atoms in total. The third-order valence-corrected chi connectivity index (χ3v) is 1.47. The molecule has 0 bridgehead atoms. The summed E-state index contributed by atoms with van der Waals surface area (Å²) in [4.78, 5) is 15.0. The number of aromatic nitrogens is 1. The van der Waals surface area contributed by atoms with Crippen molar-refractivity contribution in [3.63, 3.8) is 0 Å². The molecule has 0 fully saturated rings. The summed E-state index contributed by atoms with van der Waals surface area (Å²) in [5.41, 5.74) is 6.76. The molecule has 0 saturated heterocycles. The molecule has 0 aromatic carbocycles. The molecule has 4 heteroatoms. The van der Waals surface area contributed by atoms with E-state index in [1.807, 2.05) is 0 Å². The molecule has 0 spiro atoms. The first-order valence-corrected chi connectivity index (χ1v) is 4.08. The van der Waals surface area contributed by atoms with E-state index in [1.54, 1.807) is 25.3 Å². The zero-order valence-corrected chi connectivity index (χ0v) is 7.49. The highest BCUT2D eigenvalue weighted by Crippen LogP contribution is 2.03. The maximum absolute atomic E-state index is 11.0. The van der Waals surface area contributed by atoms with Crippen LogP contribution in [0.1, 0.15) is 12.6 Å². The molecule has 70 valence electrons. The lowest BCUT2D eigenvalue weighted by atomic mass is 10.2. The number of hydrogen-bond donors (Lipinski definition) is 1. The maximum Gasteiger partial charge on any atom is 0.311 e. The smallest absolute Gasteiger partial charge is 0.311 e. The number of carbonyl (C=O) groups excluding carboxylic acids is 1. The second-order valence-corrected chi connectivity index (χ2v) is 2.56. The number of esters is 1. The summed E-state index contributed by atoms with van der Waals surface area (Å²) in [7, 11) is 0. The molecule has 1 aromatic heterocycles. The second-order valence-electron chi connectivity index (χ2n) is 2.56. The molecule has 1 aromatic rings. The van der Waals surface area contributed by atoms with E-state index in [0.29, 0.717) is 18.0 Å². The van der Waals surface area contributed by atoms with E-state index < -0.39 is 0 Å². The zero-order valence-electron chi connectivity index (χ0n) is 7.49.